The van der Waals surface area contributed by atoms with Gasteiger partial charge in [-0.2, -0.15) is 0 Å². The minimum absolute atomic E-state index is 0. The summed E-state index contributed by atoms with van der Waals surface area (Å²) in [5.41, 5.74) is 0. The zero-order chi connectivity index (χ0) is 22.9. The highest BCUT2D eigenvalue weighted by Gasteiger charge is 2.13. The Labute approximate surface area is 208 Å². The molecule has 0 aliphatic heterocycles. The van der Waals surface area contributed by atoms with E-state index in [-0.39, 0.29) is 8.41 Å². The fourth-order valence-electron chi connectivity index (χ4n) is 4.87. The van der Waals surface area contributed by atoms with Crippen molar-refractivity contribution < 1.29 is 4.48 Å². The van der Waals surface area contributed by atoms with E-state index in [9.17, 15) is 0 Å². The lowest BCUT2D eigenvalue weighted by atomic mass is 10.0. The van der Waals surface area contributed by atoms with Crippen LogP contribution in [0.2, 0.25) is 0 Å². The molecule has 0 aromatic heterocycles. The summed E-state index contributed by atoms with van der Waals surface area (Å²) < 4.78 is 1.25. The van der Waals surface area contributed by atoms with E-state index in [1.807, 2.05) is 0 Å². The standard InChI is InChI=1S/C30H64N.B/c1-5-7-9-11-13-15-17-19-21-23-25-27-29-31(3,4)30-28-26-24-22-20-18-16-14-12-10-8-6-2;/h5-30H2,1-4H3;/q+1;. The van der Waals surface area contributed by atoms with Crippen molar-refractivity contribution in [1.29, 1.82) is 0 Å². The van der Waals surface area contributed by atoms with Gasteiger partial charge in [-0.3, -0.25) is 0 Å². The van der Waals surface area contributed by atoms with Crippen molar-refractivity contribution in [2.45, 2.75) is 168 Å². The van der Waals surface area contributed by atoms with E-state index in [0.717, 1.165) is 0 Å². The summed E-state index contributed by atoms with van der Waals surface area (Å²) in [5, 5.41) is 0. The van der Waals surface area contributed by atoms with E-state index in [1.54, 1.807) is 0 Å². The van der Waals surface area contributed by atoms with Gasteiger partial charge in [-0.05, 0) is 25.7 Å². The minimum Gasteiger partial charge on any atom is -0.328 e. The molecular formula is C30H64BN+. The zero-order valence-electron chi connectivity index (χ0n) is 23.4. The fraction of sp³-hybridized carbons (Fsp3) is 1.00. The number of unbranched alkanes of at least 4 members (excludes halogenated alkanes) is 22. The van der Waals surface area contributed by atoms with Crippen molar-refractivity contribution in [1.82, 2.24) is 0 Å². The van der Waals surface area contributed by atoms with Crippen molar-refractivity contribution in [2.75, 3.05) is 27.2 Å². The Bertz CT molecular complexity index is 299. The van der Waals surface area contributed by atoms with Gasteiger partial charge >= 0.3 is 0 Å². The van der Waals surface area contributed by atoms with Gasteiger partial charge in [0, 0.05) is 8.41 Å². The molecule has 0 amide bonds. The van der Waals surface area contributed by atoms with Gasteiger partial charge in [-0.25, -0.2) is 0 Å². The molecule has 1 nitrogen and oxygen atoms in total. The third-order valence-electron chi connectivity index (χ3n) is 7.23. The van der Waals surface area contributed by atoms with Crippen LogP contribution >= 0.6 is 0 Å². The zero-order valence-corrected chi connectivity index (χ0v) is 23.4. The molecule has 0 bridgehead atoms. The molecule has 0 unspecified atom stereocenters. The van der Waals surface area contributed by atoms with E-state index in [4.69, 9.17) is 0 Å². The van der Waals surface area contributed by atoms with Crippen LogP contribution < -0.4 is 0 Å². The van der Waals surface area contributed by atoms with E-state index >= 15 is 0 Å². The Morgan fingerprint density at radius 2 is 0.500 bits per heavy atom. The van der Waals surface area contributed by atoms with Crippen molar-refractivity contribution in [3.63, 3.8) is 0 Å². The largest absolute Gasteiger partial charge is 0.328 e. The van der Waals surface area contributed by atoms with Gasteiger partial charge in [-0.15, -0.1) is 0 Å². The Hall–Kier alpha value is 0.0249. The van der Waals surface area contributed by atoms with Gasteiger partial charge < -0.3 is 4.48 Å². The molecule has 0 spiro atoms. The third kappa shape index (κ3) is 28.1. The molecule has 2 heteroatoms. The molecule has 0 rings (SSSR count). The van der Waals surface area contributed by atoms with Gasteiger partial charge in [0.25, 0.3) is 0 Å². The monoisotopic (exact) mass is 450 g/mol. The first-order valence-corrected chi connectivity index (χ1v) is 14.9. The maximum absolute atomic E-state index is 2.46. The minimum atomic E-state index is 0. The Morgan fingerprint density at radius 1 is 0.312 bits per heavy atom. The van der Waals surface area contributed by atoms with E-state index in [0.29, 0.717) is 0 Å². The molecule has 0 atom stereocenters. The number of hydrogen-bond donors (Lipinski definition) is 0. The summed E-state index contributed by atoms with van der Waals surface area (Å²) in [4.78, 5) is 0. The van der Waals surface area contributed by atoms with Crippen molar-refractivity contribution in [3.8, 4) is 0 Å². The molecule has 0 N–H and O–H groups in total. The molecule has 0 aromatic carbocycles. The summed E-state index contributed by atoms with van der Waals surface area (Å²) in [6.07, 6.45) is 35.0. The fourth-order valence-corrected chi connectivity index (χ4v) is 4.87. The Balaban J connectivity index is 0. The van der Waals surface area contributed by atoms with Crippen LogP contribution in [-0.2, 0) is 0 Å². The second-order valence-corrected chi connectivity index (χ2v) is 11.2. The molecule has 0 aliphatic carbocycles. The highest BCUT2D eigenvalue weighted by Crippen LogP contribution is 2.15. The molecule has 3 radical (unpaired) electrons. The van der Waals surface area contributed by atoms with Crippen LogP contribution in [0.4, 0.5) is 0 Å². The second-order valence-electron chi connectivity index (χ2n) is 11.2. The Morgan fingerprint density at radius 3 is 0.719 bits per heavy atom. The normalized spacial score (nSPS) is 11.6. The lowest BCUT2D eigenvalue weighted by Gasteiger charge is -2.30. The smallest absolute Gasteiger partial charge is 0.0782 e. The average molecular weight is 450 g/mol. The van der Waals surface area contributed by atoms with E-state index < -0.39 is 0 Å². The summed E-state index contributed by atoms with van der Waals surface area (Å²) >= 11 is 0. The maximum atomic E-state index is 2.46. The molecule has 0 saturated carbocycles. The maximum Gasteiger partial charge on any atom is 0.0782 e. The highest BCUT2D eigenvalue weighted by molar-refractivity contribution is 5.75. The summed E-state index contributed by atoms with van der Waals surface area (Å²) in [6.45, 7) is 7.38. The number of quaternary nitrogens is 1. The first-order valence-electron chi connectivity index (χ1n) is 14.9. The average Bonchev–Trinajstić information content (AvgIpc) is 2.75. The second kappa shape index (κ2) is 27.3. The van der Waals surface area contributed by atoms with Gasteiger partial charge in [-0.1, -0.05) is 142 Å². The molecule has 0 aromatic rings. The van der Waals surface area contributed by atoms with Crippen LogP contribution in [0.3, 0.4) is 0 Å². The Kier molecular flexibility index (Phi) is 29.1. The van der Waals surface area contributed by atoms with E-state index in [2.05, 4.69) is 27.9 Å². The van der Waals surface area contributed by atoms with Gasteiger partial charge in [0.05, 0.1) is 27.2 Å². The predicted octanol–water partition coefficient (Wildman–Crippen LogP) is 10.1. The number of nitrogens with zero attached hydrogens (tertiary/aromatic N) is 1. The van der Waals surface area contributed by atoms with Crippen LogP contribution in [0.25, 0.3) is 0 Å². The van der Waals surface area contributed by atoms with Gasteiger partial charge in [0.1, 0.15) is 0 Å². The molecule has 32 heavy (non-hydrogen) atoms. The summed E-state index contributed by atoms with van der Waals surface area (Å²) in [6, 6.07) is 0. The quantitative estimate of drug-likeness (QED) is 0.0700. The van der Waals surface area contributed by atoms with Crippen LogP contribution in [0.5, 0.6) is 0 Å². The van der Waals surface area contributed by atoms with Crippen LogP contribution in [0.1, 0.15) is 168 Å². The lowest BCUT2D eigenvalue weighted by molar-refractivity contribution is -0.890. The van der Waals surface area contributed by atoms with Crippen LogP contribution in [-0.4, -0.2) is 40.1 Å². The van der Waals surface area contributed by atoms with E-state index in [1.165, 1.54) is 172 Å². The summed E-state index contributed by atoms with van der Waals surface area (Å²) in [7, 11) is 4.91. The number of rotatable bonds is 26. The van der Waals surface area contributed by atoms with Crippen molar-refractivity contribution in [2.24, 2.45) is 0 Å². The first kappa shape index (κ1) is 34.2. The van der Waals surface area contributed by atoms with Crippen LogP contribution in [0.15, 0.2) is 0 Å². The summed E-state index contributed by atoms with van der Waals surface area (Å²) in [5.74, 6) is 0. The molecule has 0 saturated heterocycles. The molecule has 0 heterocycles. The predicted molar refractivity (Wildman–Crippen MR) is 150 cm³/mol. The van der Waals surface area contributed by atoms with Crippen LogP contribution in [0, 0.1) is 0 Å². The highest BCUT2D eigenvalue weighted by atomic mass is 15.3. The van der Waals surface area contributed by atoms with Gasteiger partial charge in [0.15, 0.2) is 0 Å². The molecule has 191 valence electrons. The molecule has 0 fully saturated rings. The van der Waals surface area contributed by atoms with Crippen molar-refractivity contribution in [3.05, 3.63) is 0 Å². The number of hydrogen-bond acceptors (Lipinski definition) is 0. The first-order chi connectivity index (χ1) is 15.1. The topological polar surface area (TPSA) is 0 Å². The third-order valence-corrected chi connectivity index (χ3v) is 7.23. The molecule has 0 aliphatic rings. The SMILES string of the molecule is CCCCCCCCCCCCCC[N+](C)(C)CCCCCCCCCCCCCC.[B]. The lowest BCUT2D eigenvalue weighted by Crippen LogP contribution is -2.41. The van der Waals surface area contributed by atoms with Crippen molar-refractivity contribution >= 4 is 8.41 Å². The van der Waals surface area contributed by atoms with Gasteiger partial charge in [0.2, 0.25) is 0 Å². The molecular weight excluding hydrogens is 385 g/mol.